The number of aliphatic hydroxyl groups excluding tert-OH is 2. The van der Waals surface area contributed by atoms with Crippen LogP contribution >= 0.6 is 27.5 Å². The molecule has 0 aliphatic heterocycles. The fourth-order valence-corrected chi connectivity index (χ4v) is 1.96. The van der Waals surface area contributed by atoms with Crippen LogP contribution in [-0.4, -0.2) is 27.4 Å². The lowest BCUT2D eigenvalue weighted by molar-refractivity contribution is -0.153. The fourth-order valence-electron chi connectivity index (χ4n) is 1.05. The highest BCUT2D eigenvalue weighted by Crippen LogP contribution is 2.28. The van der Waals surface area contributed by atoms with E-state index in [2.05, 4.69) is 15.9 Å². The van der Waals surface area contributed by atoms with Crippen molar-refractivity contribution in [3.05, 3.63) is 33.3 Å². The summed E-state index contributed by atoms with van der Waals surface area (Å²) in [7, 11) is 0. The van der Waals surface area contributed by atoms with Gasteiger partial charge in [0.05, 0.1) is 0 Å². The Kier molecular flexibility index (Phi) is 4.10. The minimum absolute atomic E-state index is 0.273. The summed E-state index contributed by atoms with van der Waals surface area (Å²) in [5.74, 6) is -1.48. The third-order valence-corrected chi connectivity index (χ3v) is 2.76. The highest BCUT2D eigenvalue weighted by atomic mass is 79.9. The lowest BCUT2D eigenvalue weighted by atomic mass is 10.0. The molecule has 0 saturated carbocycles. The maximum Gasteiger partial charge on any atom is 0.335 e. The van der Waals surface area contributed by atoms with E-state index in [-0.39, 0.29) is 5.56 Å². The number of halogens is 2. The molecule has 82 valence electrons. The van der Waals surface area contributed by atoms with Crippen LogP contribution in [0.15, 0.2) is 22.7 Å². The second-order valence-corrected chi connectivity index (χ2v) is 4.18. The molecule has 0 radical (unpaired) electrons. The zero-order valence-electron chi connectivity index (χ0n) is 7.39. The second-order valence-electron chi connectivity index (χ2n) is 2.89. The van der Waals surface area contributed by atoms with Crippen molar-refractivity contribution in [1.29, 1.82) is 0 Å². The van der Waals surface area contributed by atoms with Crippen LogP contribution < -0.4 is 0 Å². The lowest BCUT2D eigenvalue weighted by Crippen LogP contribution is -2.27. The summed E-state index contributed by atoms with van der Waals surface area (Å²) in [6.07, 6.45) is -3.35. The number of hydrogen-bond donors (Lipinski definition) is 3. The third kappa shape index (κ3) is 2.92. The Morgan fingerprint density at radius 1 is 1.40 bits per heavy atom. The van der Waals surface area contributed by atoms with Gasteiger partial charge in [0.2, 0.25) is 0 Å². The predicted molar refractivity (Wildman–Crippen MR) is 57.8 cm³/mol. The molecule has 0 amide bonds. The maximum absolute atomic E-state index is 10.4. The van der Waals surface area contributed by atoms with Crippen LogP contribution in [0.25, 0.3) is 0 Å². The van der Waals surface area contributed by atoms with Gasteiger partial charge in [-0.25, -0.2) is 4.79 Å². The Morgan fingerprint density at radius 2 is 2.00 bits per heavy atom. The van der Waals surface area contributed by atoms with E-state index >= 15 is 0 Å². The lowest BCUT2D eigenvalue weighted by Gasteiger charge is -2.15. The quantitative estimate of drug-likeness (QED) is 0.791. The van der Waals surface area contributed by atoms with Gasteiger partial charge in [-0.1, -0.05) is 33.6 Å². The monoisotopic (exact) mass is 294 g/mol. The molecule has 1 aromatic rings. The zero-order chi connectivity index (χ0) is 11.6. The van der Waals surface area contributed by atoms with Crippen LogP contribution in [0.1, 0.15) is 11.7 Å². The van der Waals surface area contributed by atoms with Gasteiger partial charge in [0.25, 0.3) is 0 Å². The van der Waals surface area contributed by atoms with Crippen molar-refractivity contribution in [2.24, 2.45) is 0 Å². The number of hydrogen-bond acceptors (Lipinski definition) is 3. The Hall–Kier alpha value is -0.620. The first-order chi connectivity index (χ1) is 6.93. The van der Waals surface area contributed by atoms with Crippen LogP contribution in [0, 0.1) is 0 Å². The molecule has 0 aliphatic carbocycles. The number of carboxylic acids is 1. The van der Waals surface area contributed by atoms with Gasteiger partial charge < -0.3 is 15.3 Å². The summed E-state index contributed by atoms with van der Waals surface area (Å²) in [4.78, 5) is 10.4. The summed E-state index contributed by atoms with van der Waals surface area (Å²) in [5.41, 5.74) is 0.273. The van der Waals surface area contributed by atoms with Crippen LogP contribution in [0.3, 0.4) is 0 Å². The molecule has 0 bridgehead atoms. The largest absolute Gasteiger partial charge is 0.479 e. The van der Waals surface area contributed by atoms with Crippen LogP contribution in [-0.2, 0) is 4.79 Å². The van der Waals surface area contributed by atoms with Crippen molar-refractivity contribution in [2.75, 3.05) is 0 Å². The molecule has 6 heteroatoms. The average molecular weight is 296 g/mol. The van der Waals surface area contributed by atoms with Gasteiger partial charge in [0.1, 0.15) is 6.10 Å². The van der Waals surface area contributed by atoms with Crippen molar-refractivity contribution in [2.45, 2.75) is 12.2 Å². The minimum Gasteiger partial charge on any atom is -0.479 e. The standard InChI is InChI=1S/C9H8BrClO4/c10-6-3-4(11)1-2-5(6)7(12)8(13)9(14)15/h1-3,7-8,12-13H,(H,14,15). The zero-order valence-corrected chi connectivity index (χ0v) is 9.73. The van der Waals surface area contributed by atoms with Crippen molar-refractivity contribution in [3.8, 4) is 0 Å². The van der Waals surface area contributed by atoms with Gasteiger partial charge in [0, 0.05) is 9.50 Å². The van der Waals surface area contributed by atoms with E-state index < -0.39 is 18.2 Å². The highest BCUT2D eigenvalue weighted by Gasteiger charge is 2.26. The third-order valence-electron chi connectivity index (χ3n) is 1.83. The van der Waals surface area contributed by atoms with E-state index in [0.29, 0.717) is 9.50 Å². The molecule has 15 heavy (non-hydrogen) atoms. The van der Waals surface area contributed by atoms with E-state index in [1.54, 1.807) is 0 Å². The van der Waals surface area contributed by atoms with Crippen molar-refractivity contribution in [3.63, 3.8) is 0 Å². The molecular formula is C9H8BrClO4. The molecule has 2 unspecified atom stereocenters. The summed E-state index contributed by atoms with van der Waals surface area (Å²) < 4.78 is 0.447. The number of aliphatic carboxylic acids is 1. The first-order valence-electron chi connectivity index (χ1n) is 3.97. The molecule has 0 saturated heterocycles. The summed E-state index contributed by atoms with van der Waals surface area (Å²) in [6.45, 7) is 0. The summed E-state index contributed by atoms with van der Waals surface area (Å²) in [6, 6.07) is 4.46. The fraction of sp³-hybridized carbons (Fsp3) is 0.222. The molecule has 0 spiro atoms. The average Bonchev–Trinajstić information content (AvgIpc) is 2.15. The summed E-state index contributed by atoms with van der Waals surface area (Å²) in [5, 5.41) is 27.6. The predicted octanol–water partition coefficient (Wildman–Crippen LogP) is 1.58. The number of benzene rings is 1. The number of aliphatic hydroxyl groups is 2. The Balaban J connectivity index is 3.01. The smallest absolute Gasteiger partial charge is 0.335 e. The van der Waals surface area contributed by atoms with E-state index in [1.165, 1.54) is 18.2 Å². The number of carboxylic acid groups (broad SMARTS) is 1. The van der Waals surface area contributed by atoms with Crippen LogP contribution in [0.5, 0.6) is 0 Å². The number of carbonyl (C=O) groups is 1. The van der Waals surface area contributed by atoms with Crippen molar-refractivity contribution >= 4 is 33.5 Å². The van der Waals surface area contributed by atoms with Gasteiger partial charge in [0.15, 0.2) is 6.10 Å². The first kappa shape index (κ1) is 12.4. The van der Waals surface area contributed by atoms with Gasteiger partial charge in [-0.15, -0.1) is 0 Å². The molecule has 0 heterocycles. The molecule has 1 aromatic carbocycles. The molecule has 3 N–H and O–H groups in total. The highest BCUT2D eigenvalue weighted by molar-refractivity contribution is 9.10. The number of rotatable bonds is 3. The van der Waals surface area contributed by atoms with E-state index in [4.69, 9.17) is 21.8 Å². The van der Waals surface area contributed by atoms with Gasteiger partial charge in [-0.05, 0) is 17.7 Å². The van der Waals surface area contributed by atoms with Gasteiger partial charge >= 0.3 is 5.97 Å². The summed E-state index contributed by atoms with van der Waals surface area (Å²) >= 11 is 8.79. The molecule has 4 nitrogen and oxygen atoms in total. The van der Waals surface area contributed by atoms with E-state index in [0.717, 1.165) is 0 Å². The molecule has 2 atom stereocenters. The molecule has 0 aromatic heterocycles. The van der Waals surface area contributed by atoms with Crippen LogP contribution in [0.4, 0.5) is 0 Å². The van der Waals surface area contributed by atoms with Gasteiger partial charge in [-0.3, -0.25) is 0 Å². The first-order valence-corrected chi connectivity index (χ1v) is 5.14. The van der Waals surface area contributed by atoms with Gasteiger partial charge in [-0.2, -0.15) is 0 Å². The molecule has 1 rings (SSSR count). The van der Waals surface area contributed by atoms with Crippen molar-refractivity contribution < 1.29 is 20.1 Å². The van der Waals surface area contributed by atoms with Crippen molar-refractivity contribution in [1.82, 2.24) is 0 Å². The SMILES string of the molecule is O=C(O)C(O)C(O)c1ccc(Cl)cc1Br. The Labute approximate surface area is 99.2 Å². The Morgan fingerprint density at radius 3 is 2.47 bits per heavy atom. The minimum atomic E-state index is -1.86. The second kappa shape index (κ2) is 4.94. The topological polar surface area (TPSA) is 77.8 Å². The van der Waals surface area contributed by atoms with E-state index in [9.17, 15) is 9.90 Å². The molecular weight excluding hydrogens is 287 g/mol. The van der Waals surface area contributed by atoms with Crippen LogP contribution in [0.2, 0.25) is 5.02 Å². The maximum atomic E-state index is 10.4. The van der Waals surface area contributed by atoms with E-state index in [1.807, 2.05) is 0 Å². The Bertz CT molecular complexity index is 382. The molecule has 0 aliphatic rings. The molecule has 0 fully saturated rings. The normalized spacial score (nSPS) is 14.7.